The summed E-state index contributed by atoms with van der Waals surface area (Å²) in [5, 5.41) is 3.26. The minimum absolute atomic E-state index is 0.153. The van der Waals surface area contributed by atoms with E-state index in [1.165, 1.54) is 6.07 Å². The standard InChI is InChI=1S/C15H17FN2/c1-11-14(7-4-8-18-11)15(17-2)10-12-5-3-6-13(16)9-12/h3-9,15,17H,10H2,1-2H3. The molecule has 18 heavy (non-hydrogen) atoms. The van der Waals surface area contributed by atoms with Crippen LogP contribution < -0.4 is 5.32 Å². The second-order valence-corrected chi connectivity index (χ2v) is 4.35. The summed E-state index contributed by atoms with van der Waals surface area (Å²) in [6, 6.07) is 10.9. The van der Waals surface area contributed by atoms with Crippen LogP contribution in [0.2, 0.25) is 0 Å². The van der Waals surface area contributed by atoms with Gasteiger partial charge in [-0.2, -0.15) is 0 Å². The SMILES string of the molecule is CNC(Cc1cccc(F)c1)c1cccnc1C. The number of aryl methyl sites for hydroxylation is 1. The second kappa shape index (κ2) is 5.74. The lowest BCUT2D eigenvalue weighted by molar-refractivity contribution is 0.579. The fraction of sp³-hybridized carbons (Fsp3) is 0.267. The fourth-order valence-electron chi connectivity index (χ4n) is 2.13. The van der Waals surface area contributed by atoms with Crippen molar-refractivity contribution in [2.75, 3.05) is 7.05 Å². The number of benzene rings is 1. The summed E-state index contributed by atoms with van der Waals surface area (Å²) < 4.78 is 13.2. The number of pyridine rings is 1. The van der Waals surface area contributed by atoms with E-state index in [1.54, 1.807) is 18.3 Å². The maximum absolute atomic E-state index is 13.2. The highest BCUT2D eigenvalue weighted by atomic mass is 19.1. The van der Waals surface area contributed by atoms with Crippen molar-refractivity contribution in [1.29, 1.82) is 0 Å². The molecule has 0 bridgehead atoms. The lowest BCUT2D eigenvalue weighted by atomic mass is 9.98. The number of nitrogens with one attached hydrogen (secondary N) is 1. The van der Waals surface area contributed by atoms with Crippen molar-refractivity contribution in [2.24, 2.45) is 0 Å². The first-order chi connectivity index (χ1) is 8.70. The molecule has 2 nitrogen and oxygen atoms in total. The lowest BCUT2D eigenvalue weighted by Gasteiger charge is -2.18. The van der Waals surface area contributed by atoms with Gasteiger partial charge in [0.25, 0.3) is 0 Å². The largest absolute Gasteiger partial charge is 0.313 e. The zero-order valence-corrected chi connectivity index (χ0v) is 10.7. The van der Waals surface area contributed by atoms with Crippen LogP contribution in [0.4, 0.5) is 4.39 Å². The van der Waals surface area contributed by atoms with Gasteiger partial charge < -0.3 is 5.32 Å². The summed E-state index contributed by atoms with van der Waals surface area (Å²) >= 11 is 0. The van der Waals surface area contributed by atoms with Gasteiger partial charge in [0.1, 0.15) is 5.82 Å². The van der Waals surface area contributed by atoms with Gasteiger partial charge in [-0.05, 0) is 49.7 Å². The third-order valence-electron chi connectivity index (χ3n) is 3.10. The van der Waals surface area contributed by atoms with Crippen molar-refractivity contribution in [1.82, 2.24) is 10.3 Å². The Morgan fingerprint density at radius 3 is 2.78 bits per heavy atom. The first kappa shape index (κ1) is 12.7. The third-order valence-corrected chi connectivity index (χ3v) is 3.10. The normalized spacial score (nSPS) is 12.4. The Hall–Kier alpha value is -1.74. The number of hydrogen-bond acceptors (Lipinski definition) is 2. The van der Waals surface area contributed by atoms with Crippen molar-refractivity contribution >= 4 is 0 Å². The summed E-state index contributed by atoms with van der Waals surface area (Å²) in [5.74, 6) is -0.190. The molecule has 2 aromatic rings. The molecule has 1 atom stereocenters. The summed E-state index contributed by atoms with van der Waals surface area (Å²) in [5.41, 5.74) is 3.15. The van der Waals surface area contributed by atoms with E-state index in [1.807, 2.05) is 26.1 Å². The van der Waals surface area contributed by atoms with Crippen LogP contribution in [0.3, 0.4) is 0 Å². The van der Waals surface area contributed by atoms with Crippen molar-refractivity contribution in [2.45, 2.75) is 19.4 Å². The van der Waals surface area contributed by atoms with Gasteiger partial charge >= 0.3 is 0 Å². The summed E-state index contributed by atoms with van der Waals surface area (Å²) in [6.07, 6.45) is 2.54. The molecule has 0 radical (unpaired) electrons. The summed E-state index contributed by atoms with van der Waals surface area (Å²) in [7, 11) is 1.91. The Labute approximate surface area is 107 Å². The number of hydrogen-bond donors (Lipinski definition) is 1. The average Bonchev–Trinajstić information content (AvgIpc) is 2.37. The number of nitrogens with zero attached hydrogens (tertiary/aromatic N) is 1. The highest BCUT2D eigenvalue weighted by Gasteiger charge is 2.13. The maximum atomic E-state index is 13.2. The molecule has 0 aliphatic rings. The van der Waals surface area contributed by atoms with Crippen LogP contribution in [-0.4, -0.2) is 12.0 Å². The predicted octanol–water partition coefficient (Wildman–Crippen LogP) is 3.03. The van der Waals surface area contributed by atoms with Crippen molar-refractivity contribution in [3.63, 3.8) is 0 Å². The zero-order valence-electron chi connectivity index (χ0n) is 10.7. The lowest BCUT2D eigenvalue weighted by Crippen LogP contribution is -2.20. The van der Waals surface area contributed by atoms with E-state index in [-0.39, 0.29) is 11.9 Å². The van der Waals surface area contributed by atoms with E-state index >= 15 is 0 Å². The highest BCUT2D eigenvalue weighted by Crippen LogP contribution is 2.20. The van der Waals surface area contributed by atoms with Gasteiger partial charge in [-0.25, -0.2) is 4.39 Å². The minimum atomic E-state index is -0.190. The third kappa shape index (κ3) is 2.93. The van der Waals surface area contributed by atoms with Gasteiger partial charge in [-0.15, -0.1) is 0 Å². The van der Waals surface area contributed by atoms with Gasteiger partial charge in [-0.3, -0.25) is 4.98 Å². The molecule has 0 fully saturated rings. The van der Waals surface area contributed by atoms with E-state index < -0.39 is 0 Å². The number of halogens is 1. The van der Waals surface area contributed by atoms with E-state index in [0.29, 0.717) is 0 Å². The molecule has 1 N–H and O–H groups in total. The highest BCUT2D eigenvalue weighted by molar-refractivity contribution is 5.26. The monoisotopic (exact) mass is 244 g/mol. The van der Waals surface area contributed by atoms with Crippen LogP contribution in [0.5, 0.6) is 0 Å². The molecule has 0 saturated carbocycles. The molecule has 1 heterocycles. The Morgan fingerprint density at radius 1 is 1.28 bits per heavy atom. The van der Waals surface area contributed by atoms with Crippen molar-refractivity contribution < 1.29 is 4.39 Å². The van der Waals surface area contributed by atoms with E-state index in [0.717, 1.165) is 23.2 Å². The van der Waals surface area contributed by atoms with E-state index in [4.69, 9.17) is 0 Å². The number of aromatic nitrogens is 1. The molecule has 0 aliphatic heterocycles. The van der Waals surface area contributed by atoms with Crippen molar-refractivity contribution in [3.05, 3.63) is 65.2 Å². The quantitative estimate of drug-likeness (QED) is 0.894. The second-order valence-electron chi connectivity index (χ2n) is 4.35. The predicted molar refractivity (Wildman–Crippen MR) is 70.9 cm³/mol. The molecular formula is C15H17FN2. The Balaban J connectivity index is 2.23. The summed E-state index contributed by atoms with van der Waals surface area (Å²) in [4.78, 5) is 4.29. The molecule has 1 aromatic carbocycles. The van der Waals surface area contributed by atoms with Gasteiger partial charge in [0, 0.05) is 17.9 Å². The number of rotatable bonds is 4. The molecule has 1 aromatic heterocycles. The molecular weight excluding hydrogens is 227 g/mol. The van der Waals surface area contributed by atoms with Gasteiger partial charge in [0.05, 0.1) is 0 Å². The van der Waals surface area contributed by atoms with Crippen molar-refractivity contribution in [3.8, 4) is 0 Å². The molecule has 3 heteroatoms. The van der Waals surface area contributed by atoms with Gasteiger partial charge in [0.2, 0.25) is 0 Å². The minimum Gasteiger partial charge on any atom is -0.313 e. The van der Waals surface area contributed by atoms with Crippen LogP contribution in [0, 0.1) is 12.7 Å². The smallest absolute Gasteiger partial charge is 0.123 e. The molecule has 2 rings (SSSR count). The zero-order chi connectivity index (χ0) is 13.0. The Kier molecular flexibility index (Phi) is 4.05. The van der Waals surface area contributed by atoms with Crippen LogP contribution in [0.1, 0.15) is 22.9 Å². The molecule has 1 unspecified atom stereocenters. The summed E-state index contributed by atoms with van der Waals surface area (Å²) in [6.45, 7) is 1.99. The van der Waals surface area contributed by atoms with E-state index in [2.05, 4.69) is 16.4 Å². The fourth-order valence-corrected chi connectivity index (χ4v) is 2.13. The van der Waals surface area contributed by atoms with Crippen LogP contribution in [0.25, 0.3) is 0 Å². The van der Waals surface area contributed by atoms with Gasteiger partial charge in [0.15, 0.2) is 0 Å². The molecule has 0 aliphatic carbocycles. The number of likely N-dealkylation sites (N-methyl/N-ethyl adjacent to an activating group) is 1. The maximum Gasteiger partial charge on any atom is 0.123 e. The Bertz CT molecular complexity index is 525. The van der Waals surface area contributed by atoms with Crippen LogP contribution >= 0.6 is 0 Å². The first-order valence-electron chi connectivity index (χ1n) is 6.04. The molecule has 0 amide bonds. The topological polar surface area (TPSA) is 24.9 Å². The average molecular weight is 244 g/mol. The van der Waals surface area contributed by atoms with Gasteiger partial charge in [-0.1, -0.05) is 18.2 Å². The molecule has 94 valence electrons. The molecule has 0 saturated heterocycles. The first-order valence-corrected chi connectivity index (χ1v) is 6.04. The van der Waals surface area contributed by atoms with E-state index in [9.17, 15) is 4.39 Å². The van der Waals surface area contributed by atoms with Crippen LogP contribution in [-0.2, 0) is 6.42 Å². The molecule has 0 spiro atoms. The van der Waals surface area contributed by atoms with Crippen LogP contribution in [0.15, 0.2) is 42.6 Å². The Morgan fingerprint density at radius 2 is 2.11 bits per heavy atom.